The SMILES string of the molecule is C=CCN(CC=C)C(C)(O)O. The molecule has 0 aromatic carbocycles. The molecule has 0 saturated carbocycles. The van der Waals surface area contributed by atoms with Crippen LogP contribution >= 0.6 is 0 Å². The molecule has 0 aliphatic carbocycles. The Bertz CT molecular complexity index is 128. The van der Waals surface area contributed by atoms with Gasteiger partial charge in [0.1, 0.15) is 0 Å². The van der Waals surface area contributed by atoms with Crippen molar-refractivity contribution < 1.29 is 10.2 Å². The molecule has 0 fully saturated rings. The van der Waals surface area contributed by atoms with E-state index in [0.29, 0.717) is 13.1 Å². The molecule has 0 heterocycles. The highest BCUT2D eigenvalue weighted by molar-refractivity contribution is 4.81. The quantitative estimate of drug-likeness (QED) is 0.446. The standard InChI is InChI=1S/C8H15NO2/c1-4-6-9(7-5-2)8(3,10)11/h4-5,10-11H,1-2,6-7H2,3H3. The summed E-state index contributed by atoms with van der Waals surface area (Å²) in [6, 6.07) is 0. The second kappa shape index (κ2) is 4.28. The Morgan fingerprint density at radius 1 is 1.27 bits per heavy atom. The molecule has 0 aliphatic heterocycles. The van der Waals surface area contributed by atoms with Gasteiger partial charge in [-0.2, -0.15) is 0 Å². The molecule has 3 nitrogen and oxygen atoms in total. The van der Waals surface area contributed by atoms with Crippen LogP contribution in [0.1, 0.15) is 6.92 Å². The molecule has 0 saturated heterocycles. The lowest BCUT2D eigenvalue weighted by atomic mass is 10.4. The van der Waals surface area contributed by atoms with E-state index in [-0.39, 0.29) is 0 Å². The van der Waals surface area contributed by atoms with E-state index in [0.717, 1.165) is 0 Å². The second-order valence-corrected chi connectivity index (χ2v) is 2.45. The summed E-state index contributed by atoms with van der Waals surface area (Å²) in [4.78, 5) is 1.42. The molecular formula is C8H15NO2. The number of rotatable bonds is 5. The van der Waals surface area contributed by atoms with Gasteiger partial charge in [-0.25, -0.2) is 4.90 Å². The fraction of sp³-hybridized carbons (Fsp3) is 0.500. The Labute approximate surface area is 67.3 Å². The molecule has 0 amide bonds. The lowest BCUT2D eigenvalue weighted by Gasteiger charge is -2.29. The smallest absolute Gasteiger partial charge is 0.222 e. The van der Waals surface area contributed by atoms with Crippen LogP contribution in [0.25, 0.3) is 0 Å². The molecule has 0 aromatic heterocycles. The van der Waals surface area contributed by atoms with Crippen molar-refractivity contribution in [2.24, 2.45) is 0 Å². The van der Waals surface area contributed by atoms with Crippen molar-refractivity contribution in [3.8, 4) is 0 Å². The molecule has 0 spiro atoms. The van der Waals surface area contributed by atoms with E-state index < -0.39 is 5.91 Å². The van der Waals surface area contributed by atoms with Crippen molar-refractivity contribution in [2.45, 2.75) is 12.8 Å². The normalized spacial score (nSPS) is 11.6. The fourth-order valence-electron chi connectivity index (χ4n) is 0.732. The van der Waals surface area contributed by atoms with Gasteiger partial charge < -0.3 is 10.2 Å². The van der Waals surface area contributed by atoms with Gasteiger partial charge in [-0.3, -0.25) is 0 Å². The van der Waals surface area contributed by atoms with E-state index >= 15 is 0 Å². The molecule has 64 valence electrons. The van der Waals surface area contributed by atoms with Crippen LogP contribution in [0.3, 0.4) is 0 Å². The third kappa shape index (κ3) is 3.93. The van der Waals surface area contributed by atoms with Gasteiger partial charge in [0.15, 0.2) is 0 Å². The average Bonchev–Trinajstić information content (AvgIpc) is 1.85. The number of nitrogens with zero attached hydrogens (tertiary/aromatic N) is 1. The van der Waals surface area contributed by atoms with E-state index in [4.69, 9.17) is 10.2 Å². The summed E-state index contributed by atoms with van der Waals surface area (Å²) in [5, 5.41) is 18.3. The van der Waals surface area contributed by atoms with Crippen LogP contribution in [0, 0.1) is 0 Å². The summed E-state index contributed by atoms with van der Waals surface area (Å²) < 4.78 is 0. The van der Waals surface area contributed by atoms with Gasteiger partial charge in [0.05, 0.1) is 0 Å². The number of hydrogen-bond acceptors (Lipinski definition) is 3. The zero-order chi connectivity index (χ0) is 8.91. The maximum Gasteiger partial charge on any atom is 0.222 e. The minimum Gasteiger partial charge on any atom is -0.353 e. The average molecular weight is 157 g/mol. The van der Waals surface area contributed by atoms with Crippen LogP contribution in [0.2, 0.25) is 0 Å². The molecule has 2 N–H and O–H groups in total. The highest BCUT2D eigenvalue weighted by Crippen LogP contribution is 2.05. The van der Waals surface area contributed by atoms with Gasteiger partial charge in [-0.15, -0.1) is 13.2 Å². The summed E-state index contributed by atoms with van der Waals surface area (Å²) in [6.07, 6.45) is 3.21. The van der Waals surface area contributed by atoms with Crippen LogP contribution in [-0.4, -0.2) is 34.1 Å². The molecule has 0 rings (SSSR count). The first-order chi connectivity index (χ1) is 5.02. The van der Waals surface area contributed by atoms with Gasteiger partial charge in [-0.05, 0) is 0 Å². The maximum atomic E-state index is 9.13. The molecular weight excluding hydrogens is 142 g/mol. The number of aliphatic hydroxyl groups is 2. The minimum absolute atomic E-state index is 0.426. The van der Waals surface area contributed by atoms with Crippen molar-refractivity contribution in [3.05, 3.63) is 25.3 Å². The first-order valence-electron chi connectivity index (χ1n) is 3.44. The van der Waals surface area contributed by atoms with E-state index in [1.54, 1.807) is 12.2 Å². The summed E-state index contributed by atoms with van der Waals surface area (Å²) in [7, 11) is 0. The van der Waals surface area contributed by atoms with Crippen molar-refractivity contribution in [3.63, 3.8) is 0 Å². The van der Waals surface area contributed by atoms with E-state index in [1.165, 1.54) is 11.8 Å². The van der Waals surface area contributed by atoms with E-state index in [9.17, 15) is 0 Å². The summed E-state index contributed by atoms with van der Waals surface area (Å²) in [6.45, 7) is 9.15. The van der Waals surface area contributed by atoms with E-state index in [1.807, 2.05) is 0 Å². The Hall–Kier alpha value is -0.640. The Kier molecular flexibility index (Phi) is 4.03. The van der Waals surface area contributed by atoms with Crippen LogP contribution < -0.4 is 0 Å². The highest BCUT2D eigenvalue weighted by Gasteiger charge is 2.22. The van der Waals surface area contributed by atoms with Crippen LogP contribution in [0.4, 0.5) is 0 Å². The van der Waals surface area contributed by atoms with Crippen LogP contribution in [0.15, 0.2) is 25.3 Å². The number of hydrogen-bond donors (Lipinski definition) is 2. The molecule has 0 aromatic rings. The molecule has 0 bridgehead atoms. The molecule has 0 atom stereocenters. The molecule has 0 radical (unpaired) electrons. The monoisotopic (exact) mass is 157 g/mol. The minimum atomic E-state index is -1.79. The zero-order valence-corrected chi connectivity index (χ0v) is 6.82. The van der Waals surface area contributed by atoms with Gasteiger partial charge in [0.25, 0.3) is 0 Å². The van der Waals surface area contributed by atoms with Crippen LogP contribution in [-0.2, 0) is 0 Å². The molecule has 0 aliphatic rings. The highest BCUT2D eigenvalue weighted by atomic mass is 16.5. The predicted octanol–water partition coefficient (Wildman–Crippen LogP) is 0.319. The van der Waals surface area contributed by atoms with Gasteiger partial charge in [-0.1, -0.05) is 12.2 Å². The topological polar surface area (TPSA) is 43.7 Å². The third-order valence-electron chi connectivity index (χ3n) is 1.30. The van der Waals surface area contributed by atoms with Crippen molar-refractivity contribution in [1.82, 2.24) is 4.90 Å². The fourth-order valence-corrected chi connectivity index (χ4v) is 0.732. The zero-order valence-electron chi connectivity index (χ0n) is 6.82. The molecule has 0 unspecified atom stereocenters. The Morgan fingerprint density at radius 3 is 1.82 bits per heavy atom. The lowest BCUT2D eigenvalue weighted by Crippen LogP contribution is -2.46. The van der Waals surface area contributed by atoms with Crippen molar-refractivity contribution in [1.29, 1.82) is 0 Å². The van der Waals surface area contributed by atoms with Crippen molar-refractivity contribution >= 4 is 0 Å². The predicted molar refractivity (Wildman–Crippen MR) is 44.8 cm³/mol. The Balaban J connectivity index is 4.08. The summed E-state index contributed by atoms with van der Waals surface area (Å²) in [5.74, 6) is -1.79. The molecule has 3 heteroatoms. The summed E-state index contributed by atoms with van der Waals surface area (Å²) >= 11 is 0. The third-order valence-corrected chi connectivity index (χ3v) is 1.30. The first-order valence-corrected chi connectivity index (χ1v) is 3.44. The second-order valence-electron chi connectivity index (χ2n) is 2.45. The lowest BCUT2D eigenvalue weighted by molar-refractivity contribution is -0.244. The maximum absolute atomic E-state index is 9.13. The van der Waals surface area contributed by atoms with Gasteiger partial charge in [0, 0.05) is 20.0 Å². The van der Waals surface area contributed by atoms with Gasteiger partial charge >= 0.3 is 0 Å². The van der Waals surface area contributed by atoms with Crippen LogP contribution in [0.5, 0.6) is 0 Å². The van der Waals surface area contributed by atoms with Crippen molar-refractivity contribution in [2.75, 3.05) is 13.1 Å². The van der Waals surface area contributed by atoms with E-state index in [2.05, 4.69) is 13.2 Å². The molecule has 11 heavy (non-hydrogen) atoms. The van der Waals surface area contributed by atoms with Gasteiger partial charge in [0.2, 0.25) is 5.91 Å². The largest absolute Gasteiger partial charge is 0.353 e. The first kappa shape index (κ1) is 10.4. The summed E-state index contributed by atoms with van der Waals surface area (Å²) in [5.41, 5.74) is 0. The Morgan fingerprint density at radius 2 is 1.64 bits per heavy atom.